The lowest BCUT2D eigenvalue weighted by Crippen LogP contribution is -2.47. The van der Waals surface area contributed by atoms with Crippen molar-refractivity contribution in [3.05, 3.63) is 34.5 Å². The number of hydrogen-bond acceptors (Lipinski definition) is 6. The minimum Gasteiger partial charge on any atom is -0.467 e. The van der Waals surface area contributed by atoms with Gasteiger partial charge in [0.15, 0.2) is 6.61 Å². The first-order valence-electron chi connectivity index (χ1n) is 8.52. The molecule has 1 heterocycles. The minimum atomic E-state index is -0.814. The van der Waals surface area contributed by atoms with E-state index >= 15 is 0 Å². The molecule has 2 atom stereocenters. The molecule has 146 valence electrons. The summed E-state index contributed by atoms with van der Waals surface area (Å²) in [5, 5.41) is 2.90. The number of halogens is 1. The van der Waals surface area contributed by atoms with Gasteiger partial charge in [0.25, 0.3) is 5.91 Å². The van der Waals surface area contributed by atoms with E-state index in [1.807, 2.05) is 13.8 Å². The topological polar surface area (TPSA) is 81.7 Å². The smallest absolute Gasteiger partial charge is 0.349 e. The van der Waals surface area contributed by atoms with E-state index in [-0.39, 0.29) is 10.8 Å². The summed E-state index contributed by atoms with van der Waals surface area (Å²) < 4.78 is 24.3. The van der Waals surface area contributed by atoms with Crippen LogP contribution < -0.4 is 5.32 Å². The van der Waals surface area contributed by atoms with Gasteiger partial charge in [-0.1, -0.05) is 26.3 Å². The third-order valence-electron chi connectivity index (χ3n) is 4.41. The van der Waals surface area contributed by atoms with Crippen molar-refractivity contribution < 1.29 is 28.2 Å². The Morgan fingerprint density at radius 1 is 1.30 bits per heavy atom. The molecule has 2 aromatic rings. The molecule has 0 saturated heterocycles. The van der Waals surface area contributed by atoms with E-state index in [9.17, 15) is 18.8 Å². The highest BCUT2D eigenvalue weighted by molar-refractivity contribution is 7.21. The van der Waals surface area contributed by atoms with E-state index < -0.39 is 36.3 Å². The standard InChI is InChI=1S/C19H22FNO5S/c1-5-10(2)16(18(23)25-4)21-14(22)9-26-19(24)17-11(3)15-12(20)7-6-8-13(15)27-17/h6-8,10,16H,5,9H2,1-4H3,(H,21,22)/t10-,16+/m0/s1. The van der Waals surface area contributed by atoms with Gasteiger partial charge in [0, 0.05) is 10.1 Å². The molecular weight excluding hydrogens is 373 g/mol. The second kappa shape index (κ2) is 8.94. The van der Waals surface area contributed by atoms with Crippen molar-refractivity contribution in [2.75, 3.05) is 13.7 Å². The van der Waals surface area contributed by atoms with Gasteiger partial charge in [-0.15, -0.1) is 11.3 Å². The van der Waals surface area contributed by atoms with E-state index in [0.717, 1.165) is 11.3 Å². The van der Waals surface area contributed by atoms with Crippen LogP contribution in [-0.4, -0.2) is 37.6 Å². The molecule has 27 heavy (non-hydrogen) atoms. The zero-order chi connectivity index (χ0) is 20.1. The van der Waals surface area contributed by atoms with E-state index in [0.29, 0.717) is 22.1 Å². The summed E-state index contributed by atoms with van der Waals surface area (Å²) in [6.07, 6.45) is 0.659. The van der Waals surface area contributed by atoms with Crippen LogP contribution in [0.25, 0.3) is 10.1 Å². The summed E-state index contributed by atoms with van der Waals surface area (Å²) in [6.45, 7) is 4.78. The summed E-state index contributed by atoms with van der Waals surface area (Å²) in [7, 11) is 1.24. The summed E-state index contributed by atoms with van der Waals surface area (Å²) in [6, 6.07) is 3.79. The van der Waals surface area contributed by atoms with Crippen LogP contribution in [0.3, 0.4) is 0 Å². The van der Waals surface area contributed by atoms with Crippen molar-refractivity contribution in [2.45, 2.75) is 33.2 Å². The second-order valence-corrected chi connectivity index (χ2v) is 7.25. The van der Waals surface area contributed by atoms with Crippen LogP contribution in [0.4, 0.5) is 4.39 Å². The van der Waals surface area contributed by atoms with Crippen molar-refractivity contribution in [1.29, 1.82) is 0 Å². The lowest BCUT2D eigenvalue weighted by Gasteiger charge is -2.21. The molecule has 1 aromatic heterocycles. The highest BCUT2D eigenvalue weighted by Gasteiger charge is 2.27. The van der Waals surface area contributed by atoms with Gasteiger partial charge < -0.3 is 14.8 Å². The molecule has 1 aromatic carbocycles. The molecule has 0 fully saturated rings. The van der Waals surface area contributed by atoms with Gasteiger partial charge >= 0.3 is 11.9 Å². The predicted octanol–water partition coefficient (Wildman–Crippen LogP) is 3.21. The van der Waals surface area contributed by atoms with Crippen LogP contribution >= 0.6 is 11.3 Å². The van der Waals surface area contributed by atoms with Crippen LogP contribution in [0, 0.1) is 18.7 Å². The van der Waals surface area contributed by atoms with Crippen LogP contribution in [0.15, 0.2) is 18.2 Å². The van der Waals surface area contributed by atoms with Gasteiger partial charge in [0.05, 0.1) is 7.11 Å². The van der Waals surface area contributed by atoms with Gasteiger partial charge in [0.2, 0.25) is 0 Å². The van der Waals surface area contributed by atoms with Crippen LogP contribution in [0.5, 0.6) is 0 Å². The Balaban J connectivity index is 2.05. The van der Waals surface area contributed by atoms with E-state index in [1.165, 1.54) is 13.2 Å². The fourth-order valence-corrected chi connectivity index (χ4v) is 3.77. The maximum atomic E-state index is 13.9. The number of benzene rings is 1. The molecular formula is C19H22FNO5S. The Bertz CT molecular complexity index is 863. The molecule has 0 saturated carbocycles. The van der Waals surface area contributed by atoms with Gasteiger partial charge in [-0.25, -0.2) is 14.0 Å². The van der Waals surface area contributed by atoms with Crippen molar-refractivity contribution in [2.24, 2.45) is 5.92 Å². The fraction of sp³-hybridized carbons (Fsp3) is 0.421. The van der Waals surface area contributed by atoms with Gasteiger partial charge in [-0.3, -0.25) is 4.79 Å². The van der Waals surface area contributed by atoms with Gasteiger partial charge in [-0.2, -0.15) is 0 Å². The summed E-state index contributed by atoms with van der Waals surface area (Å²) >= 11 is 1.11. The third-order valence-corrected chi connectivity index (χ3v) is 5.64. The van der Waals surface area contributed by atoms with Crippen molar-refractivity contribution in [1.82, 2.24) is 5.32 Å². The SMILES string of the molecule is CC[C@H](C)[C@@H](NC(=O)COC(=O)c1sc2cccc(F)c2c1C)C(=O)OC. The quantitative estimate of drug-likeness (QED) is 0.728. The normalized spacial score (nSPS) is 13.1. The third kappa shape index (κ3) is 4.63. The largest absolute Gasteiger partial charge is 0.467 e. The molecule has 2 rings (SSSR count). The molecule has 0 spiro atoms. The lowest BCUT2D eigenvalue weighted by atomic mass is 9.99. The number of fused-ring (bicyclic) bond motifs is 1. The highest BCUT2D eigenvalue weighted by atomic mass is 32.1. The molecule has 6 nitrogen and oxygen atoms in total. The van der Waals surface area contributed by atoms with E-state index in [2.05, 4.69) is 5.32 Å². The first kappa shape index (κ1) is 20.8. The van der Waals surface area contributed by atoms with Gasteiger partial charge in [-0.05, 0) is 30.5 Å². The Morgan fingerprint density at radius 3 is 2.59 bits per heavy atom. The number of thiophene rings is 1. The number of rotatable bonds is 7. The average molecular weight is 395 g/mol. The first-order valence-corrected chi connectivity index (χ1v) is 9.33. The van der Waals surface area contributed by atoms with Crippen LogP contribution in [-0.2, 0) is 19.1 Å². The van der Waals surface area contributed by atoms with Gasteiger partial charge in [0.1, 0.15) is 16.7 Å². The Hall–Kier alpha value is -2.48. The van der Waals surface area contributed by atoms with Crippen molar-refractivity contribution >= 4 is 39.3 Å². The Kier molecular flexibility index (Phi) is 6.90. The first-order chi connectivity index (χ1) is 12.8. The molecule has 1 amide bonds. The summed E-state index contributed by atoms with van der Waals surface area (Å²) in [4.78, 5) is 36.4. The number of esters is 2. The van der Waals surface area contributed by atoms with Crippen molar-refractivity contribution in [3.8, 4) is 0 Å². The zero-order valence-electron chi connectivity index (χ0n) is 15.6. The lowest BCUT2D eigenvalue weighted by molar-refractivity contribution is -0.147. The van der Waals surface area contributed by atoms with Crippen molar-refractivity contribution in [3.63, 3.8) is 0 Å². The minimum absolute atomic E-state index is 0.134. The van der Waals surface area contributed by atoms with Crippen LogP contribution in [0.1, 0.15) is 35.5 Å². The van der Waals surface area contributed by atoms with E-state index in [4.69, 9.17) is 9.47 Å². The second-order valence-electron chi connectivity index (χ2n) is 6.20. The number of ether oxygens (including phenoxy) is 2. The average Bonchev–Trinajstić information content (AvgIpc) is 3.00. The molecule has 0 bridgehead atoms. The monoisotopic (exact) mass is 395 g/mol. The number of carbonyl (C=O) groups is 3. The maximum absolute atomic E-state index is 13.9. The molecule has 0 radical (unpaired) electrons. The fourth-order valence-electron chi connectivity index (χ4n) is 2.66. The maximum Gasteiger partial charge on any atom is 0.349 e. The van der Waals surface area contributed by atoms with Crippen LogP contribution in [0.2, 0.25) is 0 Å². The number of methoxy groups -OCH3 is 1. The van der Waals surface area contributed by atoms with E-state index in [1.54, 1.807) is 19.1 Å². The number of hydrogen-bond donors (Lipinski definition) is 1. The summed E-state index contributed by atoms with van der Waals surface area (Å²) in [5.74, 6) is -2.41. The highest BCUT2D eigenvalue weighted by Crippen LogP contribution is 2.32. The number of aryl methyl sites for hydroxylation is 1. The number of amides is 1. The predicted molar refractivity (Wildman–Crippen MR) is 100 cm³/mol. The number of nitrogens with one attached hydrogen (secondary N) is 1. The molecule has 0 aliphatic carbocycles. The Morgan fingerprint density at radius 2 is 2.00 bits per heavy atom. The zero-order valence-corrected chi connectivity index (χ0v) is 16.4. The molecule has 0 aliphatic heterocycles. The molecule has 1 N–H and O–H groups in total. The molecule has 0 aliphatic rings. The number of carbonyl (C=O) groups excluding carboxylic acids is 3. The molecule has 8 heteroatoms. The summed E-state index contributed by atoms with van der Waals surface area (Å²) in [5.41, 5.74) is 0.477. The Labute approximate surface area is 160 Å². The molecule has 0 unspecified atom stereocenters.